The van der Waals surface area contributed by atoms with Gasteiger partial charge in [-0.15, -0.1) is 0 Å². The van der Waals surface area contributed by atoms with E-state index in [0.717, 1.165) is 24.0 Å². The van der Waals surface area contributed by atoms with Crippen molar-refractivity contribution in [1.82, 2.24) is 19.8 Å². The highest BCUT2D eigenvalue weighted by atomic mass is 16.2. The van der Waals surface area contributed by atoms with Gasteiger partial charge in [0.1, 0.15) is 11.6 Å². The number of amides is 1. The van der Waals surface area contributed by atoms with Gasteiger partial charge in [0, 0.05) is 50.0 Å². The number of carbonyl (C=O) groups excluding carboxylic acids is 2. The zero-order valence-corrected chi connectivity index (χ0v) is 16.8. The van der Waals surface area contributed by atoms with Gasteiger partial charge in [-0.2, -0.15) is 0 Å². The third kappa shape index (κ3) is 4.63. The second-order valence-electron chi connectivity index (χ2n) is 7.49. The van der Waals surface area contributed by atoms with Crippen LogP contribution in [0.15, 0.2) is 54.6 Å². The van der Waals surface area contributed by atoms with Crippen molar-refractivity contribution in [1.29, 1.82) is 0 Å². The van der Waals surface area contributed by atoms with E-state index in [9.17, 15) is 9.59 Å². The average molecular weight is 403 g/mol. The Balaban J connectivity index is 1.27. The molecule has 4 rings (SSSR count). The molecule has 3 aromatic rings. The van der Waals surface area contributed by atoms with Gasteiger partial charge in [-0.1, -0.05) is 42.5 Å². The number of Topliss-reactive ketones (excluding diaryl/α,β-unsaturated/α-hetero) is 1. The zero-order chi connectivity index (χ0) is 20.9. The highest BCUT2D eigenvalue weighted by molar-refractivity contribution is 5.97. The topological polar surface area (TPSA) is 92.4 Å². The summed E-state index contributed by atoms with van der Waals surface area (Å²) in [4.78, 5) is 37.8. The predicted molar refractivity (Wildman–Crippen MR) is 116 cm³/mol. The molecule has 2 aromatic carbocycles. The number of nitrogens with zero attached hydrogens (tertiary/aromatic N) is 4. The minimum atomic E-state index is 0.00799. The van der Waals surface area contributed by atoms with Crippen molar-refractivity contribution in [3.8, 4) is 0 Å². The molecule has 30 heavy (non-hydrogen) atoms. The smallest absolute Gasteiger partial charge is 0.223 e. The van der Waals surface area contributed by atoms with Gasteiger partial charge in [0.25, 0.3) is 0 Å². The van der Waals surface area contributed by atoms with E-state index in [0.29, 0.717) is 36.8 Å². The number of hydrogen-bond donors (Lipinski definition) is 1. The molecule has 0 spiro atoms. The van der Waals surface area contributed by atoms with Crippen LogP contribution in [0.25, 0.3) is 10.9 Å². The van der Waals surface area contributed by atoms with Gasteiger partial charge >= 0.3 is 0 Å². The highest BCUT2D eigenvalue weighted by Crippen LogP contribution is 2.18. The van der Waals surface area contributed by atoms with E-state index < -0.39 is 0 Å². The van der Waals surface area contributed by atoms with E-state index in [1.807, 2.05) is 47.4 Å². The van der Waals surface area contributed by atoms with E-state index in [1.54, 1.807) is 12.1 Å². The summed E-state index contributed by atoms with van der Waals surface area (Å²) in [6.45, 7) is 3.37. The summed E-state index contributed by atoms with van der Waals surface area (Å²) < 4.78 is 0. The molecular weight excluding hydrogens is 378 g/mol. The summed E-state index contributed by atoms with van der Waals surface area (Å²) in [6.07, 6.45) is 0.491. The van der Waals surface area contributed by atoms with Gasteiger partial charge in [-0.3, -0.25) is 14.5 Å². The lowest BCUT2D eigenvalue weighted by molar-refractivity contribution is -0.133. The SMILES string of the molecule is Nc1nc(CN2CCN(C(=O)CCC(=O)c3ccccc3)CC2)nc2ccccc12. The van der Waals surface area contributed by atoms with E-state index in [4.69, 9.17) is 5.73 Å². The molecule has 0 radical (unpaired) electrons. The van der Waals surface area contributed by atoms with Gasteiger partial charge < -0.3 is 10.6 Å². The summed E-state index contributed by atoms with van der Waals surface area (Å²) in [5, 5.41) is 0.863. The summed E-state index contributed by atoms with van der Waals surface area (Å²) in [6, 6.07) is 16.8. The minimum absolute atomic E-state index is 0.00799. The van der Waals surface area contributed by atoms with Crippen LogP contribution in [0.2, 0.25) is 0 Å². The molecule has 1 aliphatic rings. The molecule has 1 aliphatic heterocycles. The highest BCUT2D eigenvalue weighted by Gasteiger charge is 2.22. The van der Waals surface area contributed by atoms with E-state index in [-0.39, 0.29) is 24.5 Å². The molecule has 0 aliphatic carbocycles. The lowest BCUT2D eigenvalue weighted by atomic mass is 10.1. The third-order valence-corrected chi connectivity index (χ3v) is 5.43. The fourth-order valence-electron chi connectivity index (χ4n) is 3.72. The Bertz CT molecular complexity index is 1050. The number of nitrogens with two attached hydrogens (primary N) is 1. The maximum atomic E-state index is 12.5. The fraction of sp³-hybridized carbons (Fsp3) is 0.304. The van der Waals surface area contributed by atoms with Crippen molar-refractivity contribution in [2.75, 3.05) is 31.9 Å². The molecule has 1 amide bonds. The second-order valence-corrected chi connectivity index (χ2v) is 7.49. The number of aromatic nitrogens is 2. The number of piperazine rings is 1. The summed E-state index contributed by atoms with van der Waals surface area (Å²) >= 11 is 0. The number of ketones is 1. The maximum absolute atomic E-state index is 12.5. The van der Waals surface area contributed by atoms with Crippen LogP contribution in [0, 0.1) is 0 Å². The lowest BCUT2D eigenvalue weighted by Crippen LogP contribution is -2.48. The van der Waals surface area contributed by atoms with E-state index >= 15 is 0 Å². The van der Waals surface area contributed by atoms with Crippen LogP contribution in [-0.4, -0.2) is 57.6 Å². The van der Waals surface area contributed by atoms with Crippen molar-refractivity contribution in [3.05, 3.63) is 66.0 Å². The number of benzene rings is 2. The van der Waals surface area contributed by atoms with Gasteiger partial charge in [-0.25, -0.2) is 9.97 Å². The summed E-state index contributed by atoms with van der Waals surface area (Å²) in [5.74, 6) is 1.23. The molecular formula is C23H25N5O2. The Morgan fingerprint density at radius 3 is 2.33 bits per heavy atom. The van der Waals surface area contributed by atoms with Gasteiger partial charge in [0.05, 0.1) is 12.1 Å². The standard InChI is InChI=1S/C23H25N5O2/c24-23-18-8-4-5-9-19(18)25-21(26-23)16-27-12-14-28(15-13-27)22(30)11-10-20(29)17-6-2-1-3-7-17/h1-9H,10-16H2,(H2,24,25,26). The molecule has 0 bridgehead atoms. The van der Waals surface area contributed by atoms with E-state index in [2.05, 4.69) is 14.9 Å². The first-order valence-electron chi connectivity index (χ1n) is 10.2. The third-order valence-electron chi connectivity index (χ3n) is 5.43. The van der Waals surface area contributed by atoms with Crippen LogP contribution in [0.4, 0.5) is 5.82 Å². The van der Waals surface area contributed by atoms with Crippen LogP contribution in [0.5, 0.6) is 0 Å². The number of nitrogen functional groups attached to an aromatic ring is 1. The number of para-hydroxylation sites is 1. The minimum Gasteiger partial charge on any atom is -0.383 e. The zero-order valence-electron chi connectivity index (χ0n) is 16.8. The van der Waals surface area contributed by atoms with Crippen LogP contribution < -0.4 is 5.73 Å². The monoisotopic (exact) mass is 403 g/mol. The van der Waals surface area contributed by atoms with Gasteiger partial charge in [-0.05, 0) is 12.1 Å². The quantitative estimate of drug-likeness (QED) is 0.636. The van der Waals surface area contributed by atoms with Crippen molar-refractivity contribution in [2.45, 2.75) is 19.4 Å². The molecule has 154 valence electrons. The first kappa shape index (κ1) is 20.0. The first-order chi connectivity index (χ1) is 14.6. The molecule has 0 unspecified atom stereocenters. The normalized spacial score (nSPS) is 14.7. The Hall–Kier alpha value is -3.32. The predicted octanol–water partition coefficient (Wildman–Crippen LogP) is 2.52. The van der Waals surface area contributed by atoms with Crippen LogP contribution in [0.1, 0.15) is 29.0 Å². The fourth-order valence-corrected chi connectivity index (χ4v) is 3.72. The Labute approximate surface area is 175 Å². The molecule has 0 atom stereocenters. The second kappa shape index (κ2) is 9.00. The van der Waals surface area contributed by atoms with Crippen molar-refractivity contribution >= 4 is 28.4 Å². The Morgan fingerprint density at radius 1 is 0.867 bits per heavy atom. The molecule has 1 fully saturated rings. The number of anilines is 1. The number of rotatable bonds is 6. The molecule has 1 aromatic heterocycles. The van der Waals surface area contributed by atoms with Gasteiger partial charge in [0.15, 0.2) is 5.78 Å². The maximum Gasteiger partial charge on any atom is 0.223 e. The number of hydrogen-bond acceptors (Lipinski definition) is 6. The van der Waals surface area contributed by atoms with E-state index in [1.165, 1.54) is 0 Å². The Kier molecular flexibility index (Phi) is 5.99. The summed E-state index contributed by atoms with van der Waals surface area (Å²) in [7, 11) is 0. The largest absolute Gasteiger partial charge is 0.383 e. The summed E-state index contributed by atoms with van der Waals surface area (Å²) in [5.41, 5.74) is 7.58. The average Bonchev–Trinajstić information content (AvgIpc) is 2.78. The number of carbonyl (C=O) groups is 2. The molecule has 2 heterocycles. The molecule has 0 saturated carbocycles. The van der Waals surface area contributed by atoms with Crippen molar-refractivity contribution in [3.63, 3.8) is 0 Å². The lowest BCUT2D eigenvalue weighted by Gasteiger charge is -2.34. The molecule has 7 nitrogen and oxygen atoms in total. The molecule has 2 N–H and O–H groups in total. The first-order valence-corrected chi connectivity index (χ1v) is 10.2. The van der Waals surface area contributed by atoms with Crippen molar-refractivity contribution in [2.24, 2.45) is 0 Å². The number of fused-ring (bicyclic) bond motifs is 1. The van der Waals surface area contributed by atoms with Crippen LogP contribution in [0.3, 0.4) is 0 Å². The molecule has 1 saturated heterocycles. The molecule has 7 heteroatoms. The Morgan fingerprint density at radius 2 is 1.57 bits per heavy atom. The van der Waals surface area contributed by atoms with Crippen LogP contribution >= 0.6 is 0 Å². The van der Waals surface area contributed by atoms with Crippen LogP contribution in [-0.2, 0) is 11.3 Å². The van der Waals surface area contributed by atoms with Crippen molar-refractivity contribution < 1.29 is 9.59 Å². The van der Waals surface area contributed by atoms with Gasteiger partial charge in [0.2, 0.25) is 5.91 Å².